The van der Waals surface area contributed by atoms with Crippen LogP contribution in [0, 0.1) is 0 Å². The number of halogens is 1. The summed E-state index contributed by atoms with van der Waals surface area (Å²) in [5, 5.41) is 0.670. The van der Waals surface area contributed by atoms with E-state index in [1.54, 1.807) is 4.90 Å². The summed E-state index contributed by atoms with van der Waals surface area (Å²) in [4.78, 5) is 21.6. The number of carbonyl (C=O) groups is 1. The number of ether oxygens (including phenoxy) is 2. The lowest BCUT2D eigenvalue weighted by Crippen LogP contribution is -2.36. The first-order valence-corrected chi connectivity index (χ1v) is 10.0. The molecule has 0 radical (unpaired) electrons. The second kappa shape index (κ2) is 7.46. The van der Waals surface area contributed by atoms with E-state index < -0.39 is 0 Å². The first kappa shape index (κ1) is 18.2. The lowest BCUT2D eigenvalue weighted by atomic mass is 10.2. The second-order valence-electron chi connectivity index (χ2n) is 6.44. The smallest absolute Gasteiger partial charge is 0.260 e. The monoisotopic (exact) mass is 447 g/mol. The number of benzene rings is 2. The Bertz CT molecular complexity index is 947. The van der Waals surface area contributed by atoms with E-state index in [0.717, 1.165) is 27.0 Å². The first-order chi connectivity index (χ1) is 13.0. The molecule has 0 saturated carbocycles. The van der Waals surface area contributed by atoms with Crippen molar-refractivity contribution in [1.82, 2.24) is 9.88 Å². The van der Waals surface area contributed by atoms with Gasteiger partial charge in [0.25, 0.3) is 5.91 Å². The predicted octanol–water partition coefficient (Wildman–Crippen LogP) is 4.00. The van der Waals surface area contributed by atoms with Gasteiger partial charge in [0, 0.05) is 35.3 Å². The van der Waals surface area contributed by atoms with Crippen molar-refractivity contribution in [3.8, 4) is 11.5 Å². The summed E-state index contributed by atoms with van der Waals surface area (Å²) in [5.74, 6) is 1.35. The average molecular weight is 448 g/mol. The van der Waals surface area contributed by atoms with Crippen molar-refractivity contribution in [1.29, 1.82) is 0 Å². The summed E-state index contributed by atoms with van der Waals surface area (Å²) < 4.78 is 12.8. The molecule has 140 valence electrons. The molecular formula is C19H18BrN3O3S. The zero-order valence-corrected chi connectivity index (χ0v) is 17.3. The average Bonchev–Trinajstić information content (AvgIpc) is 3.25. The highest BCUT2D eigenvalue weighted by molar-refractivity contribution is 9.10. The molecule has 0 fully saturated rings. The zero-order valence-electron chi connectivity index (χ0n) is 14.9. The van der Waals surface area contributed by atoms with Crippen LogP contribution in [0.5, 0.6) is 11.5 Å². The van der Waals surface area contributed by atoms with Crippen molar-refractivity contribution in [2.45, 2.75) is 0 Å². The molecule has 0 unspecified atom stereocenters. The molecule has 0 spiro atoms. The normalized spacial score (nSPS) is 12.7. The van der Waals surface area contributed by atoms with Crippen LogP contribution in [0.2, 0.25) is 0 Å². The summed E-state index contributed by atoms with van der Waals surface area (Å²) >= 11 is 4.89. The van der Waals surface area contributed by atoms with Gasteiger partial charge in [-0.15, -0.1) is 0 Å². The number of nitrogens with zero attached hydrogens (tertiary/aromatic N) is 3. The topological polar surface area (TPSA) is 54.9 Å². The SMILES string of the molecule is CN(C)CCN(C(=O)c1ccc(Br)cc1)c1nc2cc3c(cc2s1)OCO3. The van der Waals surface area contributed by atoms with Crippen molar-refractivity contribution >= 4 is 48.5 Å². The Labute approximate surface area is 169 Å². The molecule has 0 bridgehead atoms. The molecule has 0 atom stereocenters. The van der Waals surface area contributed by atoms with Gasteiger partial charge in [-0.05, 0) is 38.4 Å². The van der Waals surface area contributed by atoms with Gasteiger partial charge >= 0.3 is 0 Å². The Morgan fingerprint density at radius 3 is 2.56 bits per heavy atom. The van der Waals surface area contributed by atoms with Crippen LogP contribution in [-0.2, 0) is 0 Å². The van der Waals surface area contributed by atoms with E-state index >= 15 is 0 Å². The maximum absolute atomic E-state index is 13.2. The molecule has 0 N–H and O–H groups in total. The Morgan fingerprint density at radius 2 is 1.85 bits per heavy atom. The summed E-state index contributed by atoms with van der Waals surface area (Å²) in [6.07, 6.45) is 0. The van der Waals surface area contributed by atoms with Crippen molar-refractivity contribution < 1.29 is 14.3 Å². The van der Waals surface area contributed by atoms with Crippen molar-refractivity contribution in [2.75, 3.05) is 38.9 Å². The number of carbonyl (C=O) groups excluding carboxylic acids is 1. The number of thiazole rings is 1. The third-order valence-electron chi connectivity index (χ3n) is 4.21. The van der Waals surface area contributed by atoms with E-state index in [1.165, 1.54) is 11.3 Å². The standard InChI is InChI=1S/C19H18BrN3O3S/c1-22(2)7-8-23(18(24)12-3-5-13(20)6-4-12)19-21-14-9-15-16(26-11-25-15)10-17(14)27-19/h3-6,9-10H,7-8,11H2,1-2H3. The van der Waals surface area contributed by atoms with Crippen molar-refractivity contribution in [3.05, 3.63) is 46.4 Å². The van der Waals surface area contributed by atoms with Crippen LogP contribution >= 0.6 is 27.3 Å². The third kappa shape index (κ3) is 3.78. The van der Waals surface area contributed by atoms with Gasteiger partial charge in [0.1, 0.15) is 0 Å². The highest BCUT2D eigenvalue weighted by Crippen LogP contribution is 2.40. The lowest BCUT2D eigenvalue weighted by Gasteiger charge is -2.22. The van der Waals surface area contributed by atoms with E-state index in [9.17, 15) is 4.79 Å². The van der Waals surface area contributed by atoms with Crippen LogP contribution < -0.4 is 14.4 Å². The minimum atomic E-state index is -0.0663. The minimum Gasteiger partial charge on any atom is -0.454 e. The highest BCUT2D eigenvalue weighted by Gasteiger charge is 2.23. The van der Waals surface area contributed by atoms with Gasteiger partial charge in [0.2, 0.25) is 6.79 Å². The number of hydrogen-bond acceptors (Lipinski definition) is 6. The number of aromatic nitrogens is 1. The third-order valence-corrected chi connectivity index (χ3v) is 5.78. The number of rotatable bonds is 5. The second-order valence-corrected chi connectivity index (χ2v) is 8.36. The molecule has 1 aromatic heterocycles. The number of likely N-dealkylation sites (N-methyl/N-ethyl adjacent to an activating group) is 1. The van der Waals surface area contributed by atoms with Crippen molar-refractivity contribution in [3.63, 3.8) is 0 Å². The molecule has 6 nitrogen and oxygen atoms in total. The first-order valence-electron chi connectivity index (χ1n) is 8.43. The van der Waals surface area contributed by atoms with Gasteiger partial charge in [-0.3, -0.25) is 9.69 Å². The summed E-state index contributed by atoms with van der Waals surface area (Å²) in [6, 6.07) is 11.2. The van der Waals surface area contributed by atoms with Gasteiger partial charge in [-0.2, -0.15) is 0 Å². The van der Waals surface area contributed by atoms with Crippen LogP contribution in [0.15, 0.2) is 40.9 Å². The minimum absolute atomic E-state index is 0.0663. The van der Waals surface area contributed by atoms with Gasteiger partial charge in [-0.1, -0.05) is 27.3 Å². The van der Waals surface area contributed by atoms with E-state index in [0.29, 0.717) is 23.0 Å². The van der Waals surface area contributed by atoms with Crippen molar-refractivity contribution in [2.24, 2.45) is 0 Å². The molecule has 4 rings (SSSR count). The van der Waals surface area contributed by atoms with E-state index in [2.05, 4.69) is 15.9 Å². The maximum atomic E-state index is 13.2. The Hall–Kier alpha value is -2.16. The van der Waals surface area contributed by atoms with Crippen LogP contribution in [0.1, 0.15) is 10.4 Å². The maximum Gasteiger partial charge on any atom is 0.260 e. The summed E-state index contributed by atoms with van der Waals surface area (Å²) in [6.45, 7) is 1.52. The number of anilines is 1. The molecule has 1 aliphatic heterocycles. The molecule has 2 heterocycles. The molecule has 1 aliphatic rings. The molecule has 8 heteroatoms. The highest BCUT2D eigenvalue weighted by atomic mass is 79.9. The van der Waals surface area contributed by atoms with Crippen LogP contribution in [-0.4, -0.2) is 49.8 Å². The summed E-state index contributed by atoms with van der Waals surface area (Å²) in [5.41, 5.74) is 1.43. The number of fused-ring (bicyclic) bond motifs is 2. The van der Waals surface area contributed by atoms with Gasteiger partial charge < -0.3 is 14.4 Å². The molecule has 0 aliphatic carbocycles. The summed E-state index contributed by atoms with van der Waals surface area (Å²) in [7, 11) is 3.97. The fourth-order valence-electron chi connectivity index (χ4n) is 2.75. The molecular weight excluding hydrogens is 430 g/mol. The van der Waals surface area contributed by atoms with E-state index in [4.69, 9.17) is 14.5 Å². The fourth-order valence-corrected chi connectivity index (χ4v) is 4.02. The number of hydrogen-bond donors (Lipinski definition) is 0. The molecule has 1 amide bonds. The molecule has 27 heavy (non-hydrogen) atoms. The largest absolute Gasteiger partial charge is 0.454 e. The molecule has 3 aromatic rings. The number of amides is 1. The van der Waals surface area contributed by atoms with Gasteiger partial charge in [0.15, 0.2) is 16.6 Å². The van der Waals surface area contributed by atoms with Gasteiger partial charge in [0.05, 0.1) is 10.2 Å². The van der Waals surface area contributed by atoms with Gasteiger partial charge in [-0.25, -0.2) is 4.98 Å². The quantitative estimate of drug-likeness (QED) is 0.591. The van der Waals surface area contributed by atoms with Crippen LogP contribution in [0.3, 0.4) is 0 Å². The Balaban J connectivity index is 1.70. The zero-order chi connectivity index (χ0) is 19.0. The van der Waals surface area contributed by atoms with Crippen LogP contribution in [0.25, 0.3) is 10.2 Å². The Morgan fingerprint density at radius 1 is 1.15 bits per heavy atom. The van der Waals surface area contributed by atoms with E-state index in [1.807, 2.05) is 55.4 Å². The molecule has 0 saturated heterocycles. The lowest BCUT2D eigenvalue weighted by molar-refractivity contribution is 0.0985. The Kier molecular flexibility index (Phi) is 5.03. The molecule has 2 aromatic carbocycles. The fraction of sp³-hybridized carbons (Fsp3) is 0.263. The van der Waals surface area contributed by atoms with E-state index in [-0.39, 0.29) is 12.7 Å². The predicted molar refractivity (Wildman–Crippen MR) is 110 cm³/mol. The van der Waals surface area contributed by atoms with Crippen LogP contribution in [0.4, 0.5) is 5.13 Å².